The van der Waals surface area contributed by atoms with Crippen LogP contribution in [0.2, 0.25) is 0 Å². The number of hydrogen-bond donors (Lipinski definition) is 0. The fraction of sp³-hybridized carbons (Fsp3) is 0.833. The average molecular weight is 210 g/mol. The molecule has 1 atom stereocenters. The van der Waals surface area contributed by atoms with E-state index in [0.29, 0.717) is 25.6 Å². The molecule has 0 aliphatic heterocycles. The first kappa shape index (κ1) is 14.1. The van der Waals surface area contributed by atoms with Crippen molar-refractivity contribution in [3.63, 3.8) is 0 Å². The second-order valence-corrected chi connectivity index (χ2v) is 4.25. The fourth-order valence-corrected chi connectivity index (χ4v) is 1.30. The highest BCUT2D eigenvalue weighted by molar-refractivity contribution is 5.82. The van der Waals surface area contributed by atoms with Crippen molar-refractivity contribution in [3.05, 3.63) is 0 Å². The summed E-state index contributed by atoms with van der Waals surface area (Å²) < 4.78 is 0. The van der Waals surface area contributed by atoms with E-state index < -0.39 is 0 Å². The smallest absolute Gasteiger partial charge is 0.149 e. The molecule has 15 heavy (non-hydrogen) atoms. The van der Waals surface area contributed by atoms with Crippen molar-refractivity contribution in [2.45, 2.75) is 46.6 Å². The first-order valence-electron chi connectivity index (χ1n) is 5.66. The van der Waals surface area contributed by atoms with Crippen LogP contribution in [0.3, 0.4) is 0 Å². The van der Waals surface area contributed by atoms with Gasteiger partial charge in [-0.25, -0.2) is 0 Å². The van der Waals surface area contributed by atoms with E-state index in [2.05, 4.69) is 24.8 Å². The zero-order valence-electron chi connectivity index (χ0n) is 10.3. The van der Waals surface area contributed by atoms with Gasteiger partial charge in [0, 0.05) is 24.9 Å². The van der Waals surface area contributed by atoms with Crippen LogP contribution in [-0.4, -0.2) is 29.8 Å². The lowest BCUT2D eigenvalue weighted by atomic mass is 10.0. The van der Waals surface area contributed by atoms with Gasteiger partial charge in [-0.2, -0.15) is 5.26 Å². The zero-order chi connectivity index (χ0) is 11.8. The molecule has 0 aliphatic rings. The molecule has 3 nitrogen and oxygen atoms in total. The van der Waals surface area contributed by atoms with Crippen LogP contribution in [-0.2, 0) is 4.79 Å². The van der Waals surface area contributed by atoms with Crippen molar-refractivity contribution in [2.24, 2.45) is 5.92 Å². The van der Waals surface area contributed by atoms with E-state index in [1.807, 2.05) is 13.8 Å². The van der Waals surface area contributed by atoms with Crippen LogP contribution in [0.15, 0.2) is 0 Å². The summed E-state index contributed by atoms with van der Waals surface area (Å²) in [7, 11) is 0. The van der Waals surface area contributed by atoms with Gasteiger partial charge < -0.3 is 0 Å². The third kappa shape index (κ3) is 5.54. The van der Waals surface area contributed by atoms with Crippen LogP contribution in [0.5, 0.6) is 0 Å². The van der Waals surface area contributed by atoms with Gasteiger partial charge in [0.2, 0.25) is 0 Å². The monoisotopic (exact) mass is 210 g/mol. The summed E-state index contributed by atoms with van der Waals surface area (Å²) in [5.41, 5.74) is 0. The van der Waals surface area contributed by atoms with Crippen LogP contribution in [0.1, 0.15) is 40.5 Å². The summed E-state index contributed by atoms with van der Waals surface area (Å²) in [4.78, 5) is 13.8. The lowest BCUT2D eigenvalue weighted by Crippen LogP contribution is -2.38. The Labute approximate surface area is 93.1 Å². The Morgan fingerprint density at radius 2 is 2.00 bits per heavy atom. The number of hydrogen-bond acceptors (Lipinski definition) is 3. The minimum absolute atomic E-state index is 0.133. The van der Waals surface area contributed by atoms with Gasteiger partial charge in [0.15, 0.2) is 0 Å². The molecule has 0 rings (SSSR count). The van der Waals surface area contributed by atoms with E-state index in [9.17, 15) is 4.79 Å². The predicted octanol–water partition coefficient (Wildman–Crippen LogP) is 2.23. The van der Waals surface area contributed by atoms with Gasteiger partial charge in [-0.05, 0) is 20.3 Å². The number of ketones is 1. The molecular formula is C12H22N2O. The van der Waals surface area contributed by atoms with Crippen molar-refractivity contribution < 1.29 is 4.79 Å². The SMILES string of the molecule is CCC(C)C(=O)CN(CCC#N)C(C)C. The van der Waals surface area contributed by atoms with Crippen LogP contribution in [0, 0.1) is 17.2 Å². The van der Waals surface area contributed by atoms with Gasteiger partial charge in [-0.3, -0.25) is 9.69 Å². The van der Waals surface area contributed by atoms with Crippen molar-refractivity contribution in [3.8, 4) is 6.07 Å². The highest BCUT2D eigenvalue weighted by Crippen LogP contribution is 2.06. The van der Waals surface area contributed by atoms with E-state index >= 15 is 0 Å². The fourth-order valence-electron chi connectivity index (χ4n) is 1.30. The molecule has 0 heterocycles. The summed E-state index contributed by atoms with van der Waals surface area (Å²) in [6.45, 7) is 9.27. The van der Waals surface area contributed by atoms with Gasteiger partial charge in [0.25, 0.3) is 0 Å². The van der Waals surface area contributed by atoms with Crippen LogP contribution in [0.25, 0.3) is 0 Å². The lowest BCUT2D eigenvalue weighted by molar-refractivity contribution is -0.124. The first-order valence-corrected chi connectivity index (χ1v) is 5.66. The standard InChI is InChI=1S/C12H22N2O/c1-5-11(4)12(15)9-14(10(2)3)8-6-7-13/h10-11H,5-6,8-9H2,1-4H3. The zero-order valence-corrected chi connectivity index (χ0v) is 10.3. The average Bonchev–Trinajstić information content (AvgIpc) is 2.22. The lowest BCUT2D eigenvalue weighted by Gasteiger charge is -2.25. The Bertz CT molecular complexity index is 230. The van der Waals surface area contributed by atoms with Crippen molar-refractivity contribution in [2.75, 3.05) is 13.1 Å². The van der Waals surface area contributed by atoms with E-state index in [1.54, 1.807) is 0 Å². The maximum Gasteiger partial charge on any atom is 0.149 e. The maximum atomic E-state index is 11.7. The normalized spacial score (nSPS) is 12.9. The summed E-state index contributed by atoms with van der Waals surface area (Å²) in [6.07, 6.45) is 1.38. The molecule has 1 unspecified atom stereocenters. The molecule has 3 heteroatoms. The summed E-state index contributed by atoms with van der Waals surface area (Å²) in [6, 6.07) is 2.44. The predicted molar refractivity (Wildman–Crippen MR) is 61.4 cm³/mol. The topological polar surface area (TPSA) is 44.1 Å². The molecule has 86 valence electrons. The van der Waals surface area contributed by atoms with E-state index in [0.717, 1.165) is 6.42 Å². The first-order chi connectivity index (χ1) is 7.02. The molecule has 0 saturated heterocycles. The maximum absolute atomic E-state index is 11.7. The molecule has 0 N–H and O–H groups in total. The molecule has 0 aromatic heterocycles. The van der Waals surface area contributed by atoms with Crippen LogP contribution in [0.4, 0.5) is 0 Å². The Balaban J connectivity index is 4.17. The Morgan fingerprint density at radius 1 is 1.40 bits per heavy atom. The second-order valence-electron chi connectivity index (χ2n) is 4.25. The number of Topliss-reactive ketones (excluding diaryl/α,β-unsaturated/α-hetero) is 1. The summed E-state index contributed by atoms with van der Waals surface area (Å²) in [5, 5.41) is 8.52. The van der Waals surface area contributed by atoms with Crippen LogP contribution < -0.4 is 0 Å². The van der Waals surface area contributed by atoms with Crippen molar-refractivity contribution >= 4 is 5.78 Å². The molecule has 0 amide bonds. The van der Waals surface area contributed by atoms with Crippen molar-refractivity contribution in [1.29, 1.82) is 5.26 Å². The molecule has 0 radical (unpaired) electrons. The van der Waals surface area contributed by atoms with Crippen LogP contribution >= 0.6 is 0 Å². The number of nitriles is 1. The third-order valence-corrected chi connectivity index (χ3v) is 2.76. The molecule has 0 spiro atoms. The van der Waals surface area contributed by atoms with Gasteiger partial charge >= 0.3 is 0 Å². The molecule has 0 aromatic rings. The Hall–Kier alpha value is -0.880. The summed E-state index contributed by atoms with van der Waals surface area (Å²) in [5.74, 6) is 0.414. The molecule has 0 aromatic carbocycles. The van der Waals surface area contributed by atoms with E-state index in [4.69, 9.17) is 5.26 Å². The second kappa shape index (κ2) is 7.42. The Morgan fingerprint density at radius 3 is 2.40 bits per heavy atom. The molecular weight excluding hydrogens is 188 g/mol. The number of carbonyl (C=O) groups is 1. The summed E-state index contributed by atoms with van der Waals surface area (Å²) >= 11 is 0. The van der Waals surface area contributed by atoms with Crippen molar-refractivity contribution in [1.82, 2.24) is 4.90 Å². The minimum Gasteiger partial charge on any atom is -0.298 e. The van der Waals surface area contributed by atoms with E-state index in [-0.39, 0.29) is 11.7 Å². The highest BCUT2D eigenvalue weighted by atomic mass is 16.1. The molecule has 0 bridgehead atoms. The van der Waals surface area contributed by atoms with Gasteiger partial charge in [-0.15, -0.1) is 0 Å². The quantitative estimate of drug-likeness (QED) is 0.647. The van der Waals surface area contributed by atoms with Gasteiger partial charge in [-0.1, -0.05) is 13.8 Å². The molecule has 0 aliphatic carbocycles. The number of rotatable bonds is 7. The third-order valence-electron chi connectivity index (χ3n) is 2.76. The Kier molecular flexibility index (Phi) is 6.98. The number of carbonyl (C=O) groups excluding carboxylic acids is 1. The number of nitrogens with zero attached hydrogens (tertiary/aromatic N) is 2. The molecule has 0 fully saturated rings. The largest absolute Gasteiger partial charge is 0.298 e. The highest BCUT2D eigenvalue weighted by Gasteiger charge is 2.17. The van der Waals surface area contributed by atoms with Gasteiger partial charge in [0.05, 0.1) is 12.6 Å². The van der Waals surface area contributed by atoms with Gasteiger partial charge in [0.1, 0.15) is 5.78 Å². The van der Waals surface area contributed by atoms with E-state index in [1.165, 1.54) is 0 Å². The minimum atomic E-state index is 0.133. The molecule has 0 saturated carbocycles.